The molecule has 0 spiro atoms. The molecule has 1 aliphatic rings. The normalized spacial score (nSPS) is 13.3. The predicted octanol–water partition coefficient (Wildman–Crippen LogP) is 2.23. The fourth-order valence-corrected chi connectivity index (χ4v) is 2.24. The summed E-state index contributed by atoms with van der Waals surface area (Å²) < 4.78 is 0. The van der Waals surface area contributed by atoms with Crippen molar-refractivity contribution in [3.63, 3.8) is 0 Å². The lowest BCUT2D eigenvalue weighted by Gasteiger charge is -2.31. The van der Waals surface area contributed by atoms with Crippen molar-refractivity contribution in [2.24, 2.45) is 0 Å². The van der Waals surface area contributed by atoms with Crippen LogP contribution in [0.2, 0.25) is 0 Å². The van der Waals surface area contributed by atoms with E-state index >= 15 is 0 Å². The molecule has 20 heavy (non-hydrogen) atoms. The Morgan fingerprint density at radius 2 is 1.95 bits per heavy atom. The van der Waals surface area contributed by atoms with E-state index in [4.69, 9.17) is 11.0 Å². The lowest BCUT2D eigenvalue weighted by Crippen LogP contribution is -2.35. The molecule has 3 rings (SSSR count). The van der Waals surface area contributed by atoms with Crippen molar-refractivity contribution in [2.75, 3.05) is 22.5 Å². The summed E-state index contributed by atoms with van der Waals surface area (Å²) in [4.78, 5) is 13.7. The van der Waals surface area contributed by atoms with Crippen molar-refractivity contribution in [1.29, 1.82) is 5.26 Å². The van der Waals surface area contributed by atoms with Gasteiger partial charge in [-0.2, -0.15) is 5.26 Å². The fourth-order valence-electron chi connectivity index (χ4n) is 2.24. The molecular formula is C15H12N4O. The first kappa shape index (κ1) is 12.1. The average Bonchev–Trinajstić information content (AvgIpc) is 2.46. The van der Waals surface area contributed by atoms with Crippen LogP contribution in [0.4, 0.5) is 22.7 Å². The first-order valence-electron chi connectivity index (χ1n) is 6.14. The minimum absolute atomic E-state index is 0.107. The van der Waals surface area contributed by atoms with Gasteiger partial charge < -0.3 is 16.0 Å². The molecular weight excluding hydrogens is 252 g/mol. The Balaban J connectivity index is 2.08. The Bertz CT molecular complexity index is 716. The summed E-state index contributed by atoms with van der Waals surface area (Å²) in [7, 11) is 0. The molecule has 98 valence electrons. The maximum Gasteiger partial charge on any atom is 0.244 e. The molecule has 0 bridgehead atoms. The zero-order valence-corrected chi connectivity index (χ0v) is 10.6. The van der Waals surface area contributed by atoms with Crippen LogP contribution in [0.15, 0.2) is 42.5 Å². The number of nitrogen functional groups attached to an aromatic ring is 1. The topological polar surface area (TPSA) is 82.2 Å². The standard InChI is InChI=1S/C15H12N4O/c16-8-10-1-6-14-13(7-10)18-15(20)9-19(14)12-4-2-11(17)3-5-12/h1-7H,9,17H2,(H,18,20). The highest BCUT2D eigenvalue weighted by atomic mass is 16.2. The van der Waals surface area contributed by atoms with Gasteiger partial charge in [-0.25, -0.2) is 0 Å². The number of nitrogens with zero attached hydrogens (tertiary/aromatic N) is 2. The molecule has 5 heteroatoms. The summed E-state index contributed by atoms with van der Waals surface area (Å²) in [6.07, 6.45) is 0. The molecule has 1 amide bonds. The van der Waals surface area contributed by atoms with E-state index in [1.54, 1.807) is 24.3 Å². The van der Waals surface area contributed by atoms with Crippen molar-refractivity contribution in [3.8, 4) is 6.07 Å². The molecule has 0 fully saturated rings. The minimum Gasteiger partial charge on any atom is -0.399 e. The van der Waals surface area contributed by atoms with Crippen molar-refractivity contribution >= 4 is 28.7 Å². The van der Waals surface area contributed by atoms with E-state index in [1.165, 1.54) is 0 Å². The molecule has 0 aromatic heterocycles. The zero-order chi connectivity index (χ0) is 14.1. The van der Waals surface area contributed by atoms with Crippen LogP contribution < -0.4 is 16.0 Å². The molecule has 0 saturated carbocycles. The molecule has 0 radical (unpaired) electrons. The highest BCUT2D eigenvalue weighted by Crippen LogP contribution is 2.35. The van der Waals surface area contributed by atoms with E-state index in [0.29, 0.717) is 16.9 Å². The van der Waals surface area contributed by atoms with Crippen molar-refractivity contribution in [3.05, 3.63) is 48.0 Å². The monoisotopic (exact) mass is 264 g/mol. The number of carbonyl (C=O) groups is 1. The van der Waals surface area contributed by atoms with Crippen molar-refractivity contribution in [2.45, 2.75) is 0 Å². The number of hydrogen-bond donors (Lipinski definition) is 2. The van der Waals surface area contributed by atoms with Crippen LogP contribution in [0, 0.1) is 11.3 Å². The number of nitrogens with one attached hydrogen (secondary N) is 1. The SMILES string of the molecule is N#Cc1ccc2c(c1)NC(=O)CN2c1ccc(N)cc1. The number of rotatable bonds is 1. The fraction of sp³-hybridized carbons (Fsp3) is 0.0667. The Hall–Kier alpha value is -3.00. The Labute approximate surface area is 116 Å². The lowest BCUT2D eigenvalue weighted by atomic mass is 10.1. The zero-order valence-electron chi connectivity index (χ0n) is 10.6. The second-order valence-corrected chi connectivity index (χ2v) is 4.57. The smallest absolute Gasteiger partial charge is 0.244 e. The molecule has 5 nitrogen and oxygen atoms in total. The maximum atomic E-state index is 11.8. The number of carbonyl (C=O) groups excluding carboxylic acids is 1. The number of amides is 1. The highest BCUT2D eigenvalue weighted by molar-refractivity contribution is 6.03. The van der Waals surface area contributed by atoms with Crippen LogP contribution in [0.1, 0.15) is 5.56 Å². The molecule has 1 aliphatic heterocycles. The van der Waals surface area contributed by atoms with E-state index in [1.807, 2.05) is 23.1 Å². The second-order valence-electron chi connectivity index (χ2n) is 4.57. The predicted molar refractivity (Wildman–Crippen MR) is 77.6 cm³/mol. The molecule has 1 heterocycles. The third-order valence-electron chi connectivity index (χ3n) is 3.20. The minimum atomic E-state index is -0.107. The number of anilines is 4. The molecule has 3 N–H and O–H groups in total. The first-order valence-corrected chi connectivity index (χ1v) is 6.14. The van der Waals surface area contributed by atoms with Crippen LogP contribution in [0.3, 0.4) is 0 Å². The third kappa shape index (κ3) is 2.04. The third-order valence-corrected chi connectivity index (χ3v) is 3.20. The summed E-state index contributed by atoms with van der Waals surface area (Å²) in [6.45, 7) is 0.239. The van der Waals surface area contributed by atoms with Gasteiger partial charge in [0.15, 0.2) is 0 Å². The van der Waals surface area contributed by atoms with E-state index in [0.717, 1.165) is 11.4 Å². The van der Waals surface area contributed by atoms with Gasteiger partial charge in [-0.1, -0.05) is 0 Å². The van der Waals surface area contributed by atoms with Gasteiger partial charge in [-0.3, -0.25) is 4.79 Å². The largest absolute Gasteiger partial charge is 0.399 e. The molecule has 0 saturated heterocycles. The summed E-state index contributed by atoms with van der Waals surface area (Å²) in [5.74, 6) is -0.107. The van der Waals surface area contributed by atoms with Gasteiger partial charge in [0.1, 0.15) is 6.54 Å². The first-order chi connectivity index (χ1) is 9.67. The molecule has 0 unspecified atom stereocenters. The van der Waals surface area contributed by atoms with Crippen molar-refractivity contribution < 1.29 is 4.79 Å². The van der Waals surface area contributed by atoms with Crippen LogP contribution in [-0.4, -0.2) is 12.5 Å². The quantitative estimate of drug-likeness (QED) is 0.774. The van der Waals surface area contributed by atoms with E-state index in [9.17, 15) is 4.79 Å². The number of nitriles is 1. The van der Waals surface area contributed by atoms with Gasteiger partial charge in [-0.05, 0) is 42.5 Å². The van der Waals surface area contributed by atoms with E-state index < -0.39 is 0 Å². The molecule has 0 aliphatic carbocycles. The van der Waals surface area contributed by atoms with Gasteiger partial charge in [0.05, 0.1) is 23.0 Å². The highest BCUT2D eigenvalue weighted by Gasteiger charge is 2.23. The summed E-state index contributed by atoms with van der Waals surface area (Å²) >= 11 is 0. The average molecular weight is 264 g/mol. The van der Waals surface area contributed by atoms with Gasteiger partial charge >= 0.3 is 0 Å². The summed E-state index contributed by atoms with van der Waals surface area (Å²) in [5, 5.41) is 11.7. The Morgan fingerprint density at radius 1 is 1.20 bits per heavy atom. The number of hydrogen-bond acceptors (Lipinski definition) is 4. The molecule has 0 atom stereocenters. The number of nitrogens with two attached hydrogens (primary N) is 1. The summed E-state index contributed by atoms with van der Waals surface area (Å²) in [5.41, 5.74) is 9.28. The van der Waals surface area contributed by atoms with E-state index in [-0.39, 0.29) is 12.5 Å². The van der Waals surface area contributed by atoms with Crippen molar-refractivity contribution in [1.82, 2.24) is 0 Å². The number of benzene rings is 2. The number of fused-ring (bicyclic) bond motifs is 1. The molecule has 2 aromatic rings. The van der Waals surface area contributed by atoms with Gasteiger partial charge in [0.25, 0.3) is 0 Å². The van der Waals surface area contributed by atoms with Gasteiger partial charge in [0, 0.05) is 11.4 Å². The lowest BCUT2D eigenvalue weighted by molar-refractivity contribution is -0.115. The Kier molecular flexibility index (Phi) is 2.77. The van der Waals surface area contributed by atoms with Gasteiger partial charge in [0.2, 0.25) is 5.91 Å². The van der Waals surface area contributed by atoms with E-state index in [2.05, 4.69) is 11.4 Å². The molecule has 2 aromatic carbocycles. The maximum absolute atomic E-state index is 11.8. The van der Waals surface area contributed by atoms with Crippen LogP contribution in [0.5, 0.6) is 0 Å². The summed E-state index contributed by atoms with van der Waals surface area (Å²) in [6, 6.07) is 14.7. The van der Waals surface area contributed by atoms with Crippen LogP contribution in [0.25, 0.3) is 0 Å². The van der Waals surface area contributed by atoms with Crippen LogP contribution >= 0.6 is 0 Å². The second kappa shape index (κ2) is 4.59. The van der Waals surface area contributed by atoms with Crippen LogP contribution in [-0.2, 0) is 4.79 Å². The Morgan fingerprint density at radius 3 is 2.65 bits per heavy atom. The van der Waals surface area contributed by atoms with Gasteiger partial charge in [-0.15, -0.1) is 0 Å².